The summed E-state index contributed by atoms with van der Waals surface area (Å²) in [4.78, 5) is 0. The summed E-state index contributed by atoms with van der Waals surface area (Å²) in [6.45, 7) is 2.09. The van der Waals surface area contributed by atoms with E-state index in [4.69, 9.17) is 10.6 Å². The van der Waals surface area contributed by atoms with Gasteiger partial charge < -0.3 is 4.74 Å². The Hall–Kier alpha value is -1.84. The molecular formula is C16H20N2O. The standard InChI is InChI=1S/C16H20N2O/c1-12-6-5-7-13(10-12)11-15(18-17)14-8-3-4-9-16(14)19-2/h3-10,15,18H,11,17H2,1-2H3. The average Bonchev–Trinajstić information content (AvgIpc) is 2.45. The Morgan fingerprint density at radius 1 is 1.16 bits per heavy atom. The van der Waals surface area contributed by atoms with E-state index >= 15 is 0 Å². The molecule has 0 saturated heterocycles. The molecule has 0 saturated carbocycles. The fourth-order valence-corrected chi connectivity index (χ4v) is 2.29. The molecule has 0 heterocycles. The zero-order valence-electron chi connectivity index (χ0n) is 11.4. The van der Waals surface area contributed by atoms with E-state index in [-0.39, 0.29) is 6.04 Å². The minimum Gasteiger partial charge on any atom is -0.496 e. The Labute approximate surface area is 114 Å². The van der Waals surface area contributed by atoms with Crippen LogP contribution in [0.2, 0.25) is 0 Å². The molecule has 1 atom stereocenters. The molecule has 0 aliphatic heterocycles. The summed E-state index contributed by atoms with van der Waals surface area (Å²) in [6, 6.07) is 16.5. The molecule has 0 aliphatic carbocycles. The van der Waals surface area contributed by atoms with Crippen LogP contribution in [0.1, 0.15) is 22.7 Å². The number of aryl methyl sites for hydroxylation is 1. The third-order valence-electron chi connectivity index (χ3n) is 3.24. The molecule has 0 radical (unpaired) electrons. The van der Waals surface area contributed by atoms with E-state index in [1.165, 1.54) is 11.1 Å². The van der Waals surface area contributed by atoms with Crippen molar-refractivity contribution in [3.8, 4) is 5.75 Å². The van der Waals surface area contributed by atoms with Crippen molar-refractivity contribution in [2.24, 2.45) is 5.84 Å². The number of hydrogen-bond acceptors (Lipinski definition) is 3. The Kier molecular flexibility index (Phi) is 4.55. The number of ether oxygens (including phenoxy) is 1. The first-order valence-electron chi connectivity index (χ1n) is 6.39. The quantitative estimate of drug-likeness (QED) is 0.639. The summed E-state index contributed by atoms with van der Waals surface area (Å²) in [5.41, 5.74) is 6.47. The molecule has 0 spiro atoms. The lowest BCUT2D eigenvalue weighted by molar-refractivity contribution is 0.399. The Morgan fingerprint density at radius 3 is 2.63 bits per heavy atom. The van der Waals surface area contributed by atoms with Crippen LogP contribution in [0.5, 0.6) is 5.75 Å². The first-order chi connectivity index (χ1) is 9.24. The van der Waals surface area contributed by atoms with Crippen LogP contribution in [0.4, 0.5) is 0 Å². The number of nitrogens with two attached hydrogens (primary N) is 1. The number of nitrogens with one attached hydrogen (secondary N) is 1. The third-order valence-corrected chi connectivity index (χ3v) is 3.24. The largest absolute Gasteiger partial charge is 0.496 e. The first-order valence-corrected chi connectivity index (χ1v) is 6.39. The molecule has 3 N–H and O–H groups in total. The molecule has 0 bridgehead atoms. The lowest BCUT2D eigenvalue weighted by Gasteiger charge is -2.19. The van der Waals surface area contributed by atoms with Gasteiger partial charge in [-0.05, 0) is 25.0 Å². The van der Waals surface area contributed by atoms with Gasteiger partial charge in [0.15, 0.2) is 0 Å². The number of methoxy groups -OCH3 is 1. The highest BCUT2D eigenvalue weighted by molar-refractivity contribution is 5.37. The highest BCUT2D eigenvalue weighted by Gasteiger charge is 2.14. The van der Waals surface area contributed by atoms with Gasteiger partial charge in [-0.3, -0.25) is 11.3 Å². The van der Waals surface area contributed by atoms with Crippen LogP contribution >= 0.6 is 0 Å². The van der Waals surface area contributed by atoms with Crippen molar-refractivity contribution >= 4 is 0 Å². The summed E-state index contributed by atoms with van der Waals surface area (Å²) in [5.74, 6) is 6.57. The maximum absolute atomic E-state index is 5.71. The van der Waals surface area contributed by atoms with Gasteiger partial charge >= 0.3 is 0 Å². The monoisotopic (exact) mass is 256 g/mol. The second-order valence-electron chi connectivity index (χ2n) is 4.65. The van der Waals surface area contributed by atoms with Crippen LogP contribution in [0.3, 0.4) is 0 Å². The van der Waals surface area contributed by atoms with E-state index in [9.17, 15) is 0 Å². The van der Waals surface area contributed by atoms with E-state index in [2.05, 4.69) is 36.6 Å². The van der Waals surface area contributed by atoms with Gasteiger partial charge in [0, 0.05) is 5.56 Å². The van der Waals surface area contributed by atoms with Crippen LogP contribution in [0.25, 0.3) is 0 Å². The molecular weight excluding hydrogens is 236 g/mol. The number of para-hydroxylation sites is 1. The second kappa shape index (κ2) is 6.36. The van der Waals surface area contributed by atoms with E-state index in [0.29, 0.717) is 0 Å². The molecule has 0 fully saturated rings. The number of hydrogen-bond donors (Lipinski definition) is 2. The molecule has 2 aromatic rings. The molecule has 3 nitrogen and oxygen atoms in total. The summed E-state index contributed by atoms with van der Waals surface area (Å²) < 4.78 is 5.39. The maximum atomic E-state index is 5.71. The molecule has 3 heteroatoms. The smallest absolute Gasteiger partial charge is 0.123 e. The van der Waals surface area contributed by atoms with Crippen LogP contribution in [-0.4, -0.2) is 7.11 Å². The van der Waals surface area contributed by atoms with Gasteiger partial charge in [0.2, 0.25) is 0 Å². The predicted molar refractivity (Wildman–Crippen MR) is 77.9 cm³/mol. The minimum absolute atomic E-state index is 0.0398. The molecule has 2 rings (SSSR count). The summed E-state index contributed by atoms with van der Waals surface area (Å²) in [6.07, 6.45) is 0.832. The Balaban J connectivity index is 2.25. The fraction of sp³-hybridized carbons (Fsp3) is 0.250. The van der Waals surface area contributed by atoms with E-state index < -0.39 is 0 Å². The predicted octanol–water partition coefficient (Wildman–Crippen LogP) is 2.75. The molecule has 19 heavy (non-hydrogen) atoms. The van der Waals surface area contributed by atoms with Crippen molar-refractivity contribution < 1.29 is 4.74 Å². The maximum Gasteiger partial charge on any atom is 0.123 e. The topological polar surface area (TPSA) is 47.3 Å². The summed E-state index contributed by atoms with van der Waals surface area (Å²) >= 11 is 0. The summed E-state index contributed by atoms with van der Waals surface area (Å²) in [7, 11) is 1.68. The van der Waals surface area contributed by atoms with E-state index in [1.807, 2.05) is 24.3 Å². The molecule has 1 unspecified atom stereocenters. The van der Waals surface area contributed by atoms with Crippen molar-refractivity contribution in [2.75, 3.05) is 7.11 Å². The average molecular weight is 256 g/mol. The normalized spacial score (nSPS) is 12.2. The van der Waals surface area contributed by atoms with Gasteiger partial charge in [0.1, 0.15) is 5.75 Å². The second-order valence-corrected chi connectivity index (χ2v) is 4.65. The zero-order valence-corrected chi connectivity index (χ0v) is 11.4. The van der Waals surface area contributed by atoms with Crippen molar-refractivity contribution in [2.45, 2.75) is 19.4 Å². The number of rotatable bonds is 5. The first kappa shape index (κ1) is 13.6. The highest BCUT2D eigenvalue weighted by atomic mass is 16.5. The van der Waals surface area contributed by atoms with Crippen LogP contribution in [0, 0.1) is 6.92 Å². The lowest BCUT2D eigenvalue weighted by atomic mass is 9.97. The fourth-order valence-electron chi connectivity index (χ4n) is 2.29. The van der Waals surface area contributed by atoms with Crippen molar-refractivity contribution in [1.82, 2.24) is 5.43 Å². The van der Waals surface area contributed by atoms with Crippen molar-refractivity contribution in [1.29, 1.82) is 0 Å². The van der Waals surface area contributed by atoms with Gasteiger partial charge in [0.05, 0.1) is 13.2 Å². The molecule has 2 aromatic carbocycles. The van der Waals surface area contributed by atoms with Gasteiger partial charge in [-0.25, -0.2) is 0 Å². The van der Waals surface area contributed by atoms with E-state index in [1.54, 1.807) is 7.11 Å². The van der Waals surface area contributed by atoms with Gasteiger partial charge in [-0.2, -0.15) is 0 Å². The SMILES string of the molecule is COc1ccccc1C(Cc1cccc(C)c1)NN. The van der Waals surface area contributed by atoms with Gasteiger partial charge in [-0.1, -0.05) is 48.0 Å². The molecule has 0 aliphatic rings. The number of benzene rings is 2. The van der Waals surface area contributed by atoms with Crippen molar-refractivity contribution in [3.05, 3.63) is 65.2 Å². The van der Waals surface area contributed by atoms with Gasteiger partial charge in [-0.15, -0.1) is 0 Å². The molecule has 0 aromatic heterocycles. The van der Waals surface area contributed by atoms with E-state index in [0.717, 1.165) is 17.7 Å². The lowest BCUT2D eigenvalue weighted by Crippen LogP contribution is -2.29. The zero-order chi connectivity index (χ0) is 13.7. The van der Waals surface area contributed by atoms with Crippen molar-refractivity contribution in [3.63, 3.8) is 0 Å². The Morgan fingerprint density at radius 2 is 1.95 bits per heavy atom. The van der Waals surface area contributed by atoms with Crippen LogP contribution in [-0.2, 0) is 6.42 Å². The highest BCUT2D eigenvalue weighted by Crippen LogP contribution is 2.27. The van der Waals surface area contributed by atoms with Gasteiger partial charge in [0.25, 0.3) is 0 Å². The van der Waals surface area contributed by atoms with Crippen LogP contribution in [0.15, 0.2) is 48.5 Å². The van der Waals surface area contributed by atoms with Crippen LogP contribution < -0.4 is 16.0 Å². The summed E-state index contributed by atoms with van der Waals surface area (Å²) in [5, 5.41) is 0. The Bertz CT molecular complexity index is 540. The molecule has 0 amide bonds. The third kappa shape index (κ3) is 3.34. The minimum atomic E-state index is 0.0398. The number of hydrazine groups is 1. The molecule has 100 valence electrons.